The summed E-state index contributed by atoms with van der Waals surface area (Å²) in [6.07, 6.45) is 0.785. The molecular formula is C14H20N2O4. The van der Waals surface area contributed by atoms with Gasteiger partial charge in [-0.25, -0.2) is 9.59 Å². The van der Waals surface area contributed by atoms with Crippen molar-refractivity contribution in [3.63, 3.8) is 0 Å². The second-order valence-corrected chi connectivity index (χ2v) is 4.09. The van der Waals surface area contributed by atoms with Gasteiger partial charge in [0.15, 0.2) is 0 Å². The minimum Gasteiger partial charge on any atom is -0.462 e. The molecule has 0 bridgehead atoms. The van der Waals surface area contributed by atoms with Crippen molar-refractivity contribution in [1.29, 1.82) is 0 Å². The molecule has 1 rings (SSSR count). The van der Waals surface area contributed by atoms with Crippen LogP contribution >= 0.6 is 0 Å². The van der Waals surface area contributed by atoms with E-state index in [9.17, 15) is 9.59 Å². The Morgan fingerprint density at radius 3 is 2.45 bits per heavy atom. The summed E-state index contributed by atoms with van der Waals surface area (Å²) < 4.78 is 9.83. The van der Waals surface area contributed by atoms with Crippen LogP contribution in [0.5, 0.6) is 0 Å². The van der Waals surface area contributed by atoms with Crippen molar-refractivity contribution in [3.05, 3.63) is 29.8 Å². The standard InChI is InChI=1S/C14H20N2O4/c1-3-9-20-13(17)11-4-6-12(7-5-11)16-14(18)15-8-10-19-2/h4-7H,3,8-10H2,1-2H3,(H2,15,16,18). The largest absolute Gasteiger partial charge is 0.462 e. The van der Waals surface area contributed by atoms with Crippen LogP contribution in [0.25, 0.3) is 0 Å². The Bertz CT molecular complexity index is 431. The third kappa shape index (κ3) is 5.71. The van der Waals surface area contributed by atoms with Crippen LogP contribution in [0.2, 0.25) is 0 Å². The molecule has 6 heteroatoms. The SMILES string of the molecule is CCCOC(=O)c1ccc(NC(=O)NCCOC)cc1. The van der Waals surface area contributed by atoms with E-state index in [1.807, 2.05) is 6.92 Å². The van der Waals surface area contributed by atoms with E-state index in [-0.39, 0.29) is 12.0 Å². The molecule has 6 nitrogen and oxygen atoms in total. The fourth-order valence-electron chi connectivity index (χ4n) is 1.41. The maximum absolute atomic E-state index is 11.6. The van der Waals surface area contributed by atoms with E-state index in [2.05, 4.69) is 10.6 Å². The van der Waals surface area contributed by atoms with Crippen molar-refractivity contribution in [3.8, 4) is 0 Å². The van der Waals surface area contributed by atoms with E-state index >= 15 is 0 Å². The van der Waals surface area contributed by atoms with Gasteiger partial charge in [-0.3, -0.25) is 0 Å². The lowest BCUT2D eigenvalue weighted by Gasteiger charge is -2.08. The zero-order valence-corrected chi connectivity index (χ0v) is 11.8. The quantitative estimate of drug-likeness (QED) is 0.592. The molecule has 1 aromatic rings. The topological polar surface area (TPSA) is 76.7 Å². The molecule has 0 heterocycles. The number of hydrogen-bond donors (Lipinski definition) is 2. The number of carbonyl (C=O) groups is 2. The minimum absolute atomic E-state index is 0.316. The molecule has 0 aliphatic carbocycles. The molecule has 0 radical (unpaired) electrons. The number of anilines is 1. The molecular weight excluding hydrogens is 260 g/mol. The van der Waals surface area contributed by atoms with Crippen LogP contribution in [0.15, 0.2) is 24.3 Å². The van der Waals surface area contributed by atoms with Crippen LogP contribution in [0.4, 0.5) is 10.5 Å². The zero-order valence-electron chi connectivity index (χ0n) is 11.8. The highest BCUT2D eigenvalue weighted by Crippen LogP contribution is 2.10. The van der Waals surface area contributed by atoms with E-state index in [1.165, 1.54) is 0 Å². The molecule has 0 unspecified atom stereocenters. The fraction of sp³-hybridized carbons (Fsp3) is 0.429. The summed E-state index contributed by atoms with van der Waals surface area (Å²) >= 11 is 0. The van der Waals surface area contributed by atoms with Gasteiger partial charge in [0.1, 0.15) is 0 Å². The van der Waals surface area contributed by atoms with E-state index in [0.29, 0.717) is 31.0 Å². The molecule has 0 spiro atoms. The highest BCUT2D eigenvalue weighted by molar-refractivity contribution is 5.92. The van der Waals surface area contributed by atoms with Crippen LogP contribution in [-0.4, -0.2) is 38.9 Å². The van der Waals surface area contributed by atoms with Gasteiger partial charge in [0, 0.05) is 19.3 Å². The van der Waals surface area contributed by atoms with Crippen LogP contribution in [-0.2, 0) is 9.47 Å². The van der Waals surface area contributed by atoms with Gasteiger partial charge in [0.25, 0.3) is 0 Å². The number of hydrogen-bond acceptors (Lipinski definition) is 4. The molecule has 20 heavy (non-hydrogen) atoms. The van der Waals surface area contributed by atoms with E-state index in [1.54, 1.807) is 31.4 Å². The average Bonchev–Trinajstić information content (AvgIpc) is 2.46. The van der Waals surface area contributed by atoms with Gasteiger partial charge in [0.05, 0.1) is 18.8 Å². The van der Waals surface area contributed by atoms with Crippen molar-refractivity contribution in [2.45, 2.75) is 13.3 Å². The summed E-state index contributed by atoms with van der Waals surface area (Å²) in [6, 6.07) is 6.21. The Morgan fingerprint density at radius 2 is 1.85 bits per heavy atom. The van der Waals surface area contributed by atoms with Crippen molar-refractivity contribution < 1.29 is 19.1 Å². The van der Waals surface area contributed by atoms with Gasteiger partial charge < -0.3 is 20.1 Å². The second-order valence-electron chi connectivity index (χ2n) is 4.09. The van der Waals surface area contributed by atoms with Crippen LogP contribution in [0, 0.1) is 0 Å². The molecule has 0 aliphatic rings. The summed E-state index contributed by atoms with van der Waals surface area (Å²) in [7, 11) is 1.57. The minimum atomic E-state index is -0.358. The lowest BCUT2D eigenvalue weighted by molar-refractivity contribution is 0.0505. The number of ether oxygens (including phenoxy) is 2. The third-order valence-electron chi connectivity index (χ3n) is 2.41. The van der Waals surface area contributed by atoms with E-state index in [4.69, 9.17) is 9.47 Å². The molecule has 0 saturated carbocycles. The van der Waals surface area contributed by atoms with Crippen LogP contribution < -0.4 is 10.6 Å². The molecule has 0 aromatic heterocycles. The Labute approximate surface area is 118 Å². The summed E-state index contributed by atoms with van der Waals surface area (Å²) in [5.74, 6) is -0.358. The highest BCUT2D eigenvalue weighted by atomic mass is 16.5. The number of methoxy groups -OCH3 is 1. The number of benzene rings is 1. The summed E-state index contributed by atoms with van der Waals surface area (Å²) in [4.78, 5) is 23.1. The van der Waals surface area contributed by atoms with Gasteiger partial charge in [-0.15, -0.1) is 0 Å². The molecule has 110 valence electrons. The van der Waals surface area contributed by atoms with Gasteiger partial charge in [0.2, 0.25) is 0 Å². The number of nitrogens with one attached hydrogen (secondary N) is 2. The molecule has 1 aromatic carbocycles. The second kappa shape index (κ2) is 8.92. The molecule has 0 aliphatic heterocycles. The normalized spacial score (nSPS) is 9.90. The lowest BCUT2D eigenvalue weighted by atomic mass is 10.2. The van der Waals surface area contributed by atoms with Crippen molar-refractivity contribution in [2.75, 3.05) is 32.2 Å². The van der Waals surface area contributed by atoms with E-state index in [0.717, 1.165) is 6.42 Å². The summed E-state index contributed by atoms with van der Waals surface area (Å²) in [6.45, 7) is 3.22. The number of esters is 1. The Hall–Kier alpha value is -2.08. The van der Waals surface area contributed by atoms with Crippen LogP contribution in [0.1, 0.15) is 23.7 Å². The van der Waals surface area contributed by atoms with Gasteiger partial charge in [-0.1, -0.05) is 6.92 Å². The lowest BCUT2D eigenvalue weighted by Crippen LogP contribution is -2.31. The highest BCUT2D eigenvalue weighted by Gasteiger charge is 2.07. The number of amides is 2. The predicted octanol–water partition coefficient (Wildman–Crippen LogP) is 2.02. The first-order valence-corrected chi connectivity index (χ1v) is 6.48. The van der Waals surface area contributed by atoms with E-state index < -0.39 is 0 Å². The first-order chi connectivity index (χ1) is 9.67. The van der Waals surface area contributed by atoms with Gasteiger partial charge >= 0.3 is 12.0 Å². The predicted molar refractivity (Wildman–Crippen MR) is 75.9 cm³/mol. The summed E-state index contributed by atoms with van der Waals surface area (Å²) in [5.41, 5.74) is 1.07. The number of urea groups is 1. The third-order valence-corrected chi connectivity index (χ3v) is 2.41. The molecule has 2 N–H and O–H groups in total. The van der Waals surface area contributed by atoms with Crippen molar-refractivity contribution >= 4 is 17.7 Å². The molecule has 0 saturated heterocycles. The van der Waals surface area contributed by atoms with Crippen molar-refractivity contribution in [2.24, 2.45) is 0 Å². The van der Waals surface area contributed by atoms with Crippen molar-refractivity contribution in [1.82, 2.24) is 5.32 Å². The fourth-order valence-corrected chi connectivity index (χ4v) is 1.41. The monoisotopic (exact) mass is 280 g/mol. The first kappa shape index (κ1) is 16.0. The molecule has 0 atom stereocenters. The molecule has 0 fully saturated rings. The van der Waals surface area contributed by atoms with Crippen LogP contribution in [0.3, 0.4) is 0 Å². The molecule has 2 amide bonds. The maximum Gasteiger partial charge on any atom is 0.338 e. The number of rotatable bonds is 7. The number of carbonyl (C=O) groups excluding carboxylic acids is 2. The van der Waals surface area contributed by atoms with Gasteiger partial charge in [-0.2, -0.15) is 0 Å². The Morgan fingerprint density at radius 1 is 1.15 bits per heavy atom. The zero-order chi connectivity index (χ0) is 14.8. The Balaban J connectivity index is 2.45. The average molecular weight is 280 g/mol. The van der Waals surface area contributed by atoms with Gasteiger partial charge in [-0.05, 0) is 30.7 Å². The smallest absolute Gasteiger partial charge is 0.338 e. The Kier molecular flexibility index (Phi) is 7.13. The maximum atomic E-state index is 11.6. The summed E-state index contributed by atoms with van der Waals surface area (Å²) in [5, 5.41) is 5.28. The first-order valence-electron chi connectivity index (χ1n) is 6.48.